The Bertz CT molecular complexity index is 216. The number of carbonyl (C=O) groups excluding carboxylic acids is 1. The van der Waals surface area contributed by atoms with Crippen molar-refractivity contribution in [2.45, 2.75) is 13.8 Å². The van der Waals surface area contributed by atoms with Gasteiger partial charge in [0.05, 0.1) is 6.61 Å². The van der Waals surface area contributed by atoms with Gasteiger partial charge in [0.15, 0.2) is 6.79 Å². The summed E-state index contributed by atoms with van der Waals surface area (Å²) in [5.74, 6) is -0.505. The SMILES string of the molecule is CCOCOP(C)(=O)CC(=O)OCC. The van der Waals surface area contributed by atoms with Gasteiger partial charge in [-0.25, -0.2) is 0 Å². The van der Waals surface area contributed by atoms with Gasteiger partial charge >= 0.3 is 5.97 Å². The zero-order valence-electron chi connectivity index (χ0n) is 8.82. The van der Waals surface area contributed by atoms with E-state index in [9.17, 15) is 9.36 Å². The maximum absolute atomic E-state index is 11.6. The molecule has 14 heavy (non-hydrogen) atoms. The van der Waals surface area contributed by atoms with Crippen molar-refractivity contribution in [3.05, 3.63) is 0 Å². The molecule has 0 spiro atoms. The average molecular weight is 224 g/mol. The topological polar surface area (TPSA) is 61.8 Å². The van der Waals surface area contributed by atoms with Crippen LogP contribution in [0.15, 0.2) is 0 Å². The van der Waals surface area contributed by atoms with Gasteiger partial charge in [0.2, 0.25) is 7.37 Å². The van der Waals surface area contributed by atoms with E-state index in [2.05, 4.69) is 4.74 Å². The monoisotopic (exact) mass is 224 g/mol. The van der Waals surface area contributed by atoms with Crippen LogP contribution in [0.3, 0.4) is 0 Å². The molecular weight excluding hydrogens is 207 g/mol. The van der Waals surface area contributed by atoms with Crippen LogP contribution in [0.1, 0.15) is 13.8 Å². The number of rotatable bonds is 7. The molecule has 0 rings (SSSR count). The highest BCUT2D eigenvalue weighted by Gasteiger charge is 2.21. The standard InChI is InChI=1S/C8H17O5P/c1-4-11-7-13-14(3,10)6-8(9)12-5-2/h4-7H2,1-3H3. The zero-order chi connectivity index (χ0) is 11.0. The first-order chi connectivity index (χ1) is 6.52. The Morgan fingerprint density at radius 3 is 2.43 bits per heavy atom. The van der Waals surface area contributed by atoms with Crippen molar-refractivity contribution in [1.29, 1.82) is 0 Å². The second-order valence-corrected chi connectivity index (χ2v) is 5.32. The van der Waals surface area contributed by atoms with Crippen molar-refractivity contribution in [3.8, 4) is 0 Å². The predicted octanol–water partition coefficient (Wildman–Crippen LogP) is 1.47. The van der Waals surface area contributed by atoms with Gasteiger partial charge in [0.1, 0.15) is 6.16 Å². The molecule has 0 aliphatic heterocycles. The molecule has 0 saturated carbocycles. The molecule has 0 aromatic heterocycles. The molecule has 0 radical (unpaired) electrons. The molecule has 84 valence electrons. The minimum Gasteiger partial charge on any atom is -0.466 e. The Balaban J connectivity index is 3.82. The highest BCUT2D eigenvalue weighted by molar-refractivity contribution is 7.59. The first kappa shape index (κ1) is 13.6. The third-order valence-corrected chi connectivity index (χ3v) is 2.82. The van der Waals surface area contributed by atoms with Crippen LogP contribution in [0, 0.1) is 0 Å². The lowest BCUT2D eigenvalue weighted by molar-refractivity contribution is -0.140. The first-order valence-corrected chi connectivity index (χ1v) is 6.72. The van der Waals surface area contributed by atoms with E-state index in [1.54, 1.807) is 13.8 Å². The molecule has 0 N–H and O–H groups in total. The predicted molar refractivity (Wildman–Crippen MR) is 52.6 cm³/mol. The third-order valence-electron chi connectivity index (χ3n) is 1.33. The summed E-state index contributed by atoms with van der Waals surface area (Å²) >= 11 is 0. The molecule has 0 amide bonds. The van der Waals surface area contributed by atoms with Gasteiger partial charge in [-0.15, -0.1) is 0 Å². The molecule has 0 aromatic rings. The summed E-state index contributed by atoms with van der Waals surface area (Å²) in [4.78, 5) is 11.0. The summed E-state index contributed by atoms with van der Waals surface area (Å²) in [6.45, 7) is 5.60. The van der Waals surface area contributed by atoms with Gasteiger partial charge < -0.3 is 14.0 Å². The molecule has 0 heterocycles. The fourth-order valence-corrected chi connectivity index (χ4v) is 1.67. The number of carbonyl (C=O) groups is 1. The lowest BCUT2D eigenvalue weighted by atomic mass is 10.8. The lowest BCUT2D eigenvalue weighted by Gasteiger charge is -2.12. The second kappa shape index (κ2) is 6.98. The van der Waals surface area contributed by atoms with E-state index < -0.39 is 13.3 Å². The van der Waals surface area contributed by atoms with Crippen LogP contribution in [-0.2, 0) is 23.4 Å². The van der Waals surface area contributed by atoms with Crippen LogP contribution >= 0.6 is 7.37 Å². The van der Waals surface area contributed by atoms with Gasteiger partial charge in [-0.2, -0.15) is 0 Å². The van der Waals surface area contributed by atoms with Gasteiger partial charge in [0.25, 0.3) is 0 Å². The second-order valence-electron chi connectivity index (χ2n) is 2.72. The van der Waals surface area contributed by atoms with E-state index in [0.29, 0.717) is 6.61 Å². The van der Waals surface area contributed by atoms with Gasteiger partial charge in [0, 0.05) is 13.3 Å². The van der Waals surface area contributed by atoms with Crippen LogP contribution in [0.4, 0.5) is 0 Å². The van der Waals surface area contributed by atoms with Crippen molar-refractivity contribution >= 4 is 13.3 Å². The maximum Gasteiger partial charge on any atom is 0.315 e. The Hall–Kier alpha value is -0.380. The van der Waals surface area contributed by atoms with Gasteiger partial charge in [-0.05, 0) is 13.8 Å². The summed E-state index contributed by atoms with van der Waals surface area (Å²) in [5.41, 5.74) is 0. The maximum atomic E-state index is 11.6. The number of esters is 1. The Morgan fingerprint density at radius 2 is 1.93 bits per heavy atom. The van der Waals surface area contributed by atoms with Crippen LogP contribution in [0.5, 0.6) is 0 Å². The van der Waals surface area contributed by atoms with Crippen LogP contribution < -0.4 is 0 Å². The quantitative estimate of drug-likeness (QED) is 0.283. The molecule has 1 unspecified atom stereocenters. The highest BCUT2D eigenvalue weighted by atomic mass is 31.2. The van der Waals surface area contributed by atoms with E-state index in [-0.39, 0.29) is 19.6 Å². The Morgan fingerprint density at radius 1 is 1.29 bits per heavy atom. The normalized spacial score (nSPS) is 14.8. The van der Waals surface area contributed by atoms with Crippen molar-refractivity contribution in [2.75, 3.05) is 32.8 Å². The van der Waals surface area contributed by atoms with Crippen LogP contribution in [0.2, 0.25) is 0 Å². The van der Waals surface area contributed by atoms with Crippen molar-refractivity contribution < 1.29 is 23.4 Å². The lowest BCUT2D eigenvalue weighted by Crippen LogP contribution is -2.11. The molecule has 0 aliphatic carbocycles. The summed E-state index contributed by atoms with van der Waals surface area (Å²) < 4.78 is 26.0. The third kappa shape index (κ3) is 7.06. The molecule has 6 heteroatoms. The summed E-state index contributed by atoms with van der Waals surface area (Å²) in [6, 6.07) is 0. The van der Waals surface area contributed by atoms with Crippen molar-refractivity contribution in [2.24, 2.45) is 0 Å². The highest BCUT2D eigenvalue weighted by Crippen LogP contribution is 2.42. The van der Waals surface area contributed by atoms with E-state index in [1.807, 2.05) is 0 Å². The van der Waals surface area contributed by atoms with Gasteiger partial charge in [-0.3, -0.25) is 9.36 Å². The zero-order valence-corrected chi connectivity index (χ0v) is 9.71. The Kier molecular flexibility index (Phi) is 6.79. The minimum absolute atomic E-state index is 0.0519. The molecule has 0 aromatic carbocycles. The summed E-state index contributed by atoms with van der Waals surface area (Å²) in [7, 11) is -2.91. The Labute approximate surface area is 84.2 Å². The number of hydrogen-bond donors (Lipinski definition) is 0. The van der Waals surface area contributed by atoms with Crippen LogP contribution in [-0.4, -0.2) is 38.8 Å². The average Bonchev–Trinajstić information content (AvgIpc) is 2.03. The molecule has 0 saturated heterocycles. The molecular formula is C8H17O5P. The molecule has 0 fully saturated rings. The van der Waals surface area contributed by atoms with E-state index in [1.165, 1.54) is 6.66 Å². The minimum atomic E-state index is -2.91. The van der Waals surface area contributed by atoms with Crippen LogP contribution in [0.25, 0.3) is 0 Å². The van der Waals surface area contributed by atoms with E-state index in [0.717, 1.165) is 0 Å². The summed E-state index contributed by atoms with van der Waals surface area (Å²) in [6.07, 6.45) is -0.200. The molecule has 1 atom stereocenters. The van der Waals surface area contributed by atoms with Crippen molar-refractivity contribution in [3.63, 3.8) is 0 Å². The number of ether oxygens (including phenoxy) is 2. The molecule has 5 nitrogen and oxygen atoms in total. The van der Waals surface area contributed by atoms with Gasteiger partial charge in [-0.1, -0.05) is 0 Å². The van der Waals surface area contributed by atoms with E-state index >= 15 is 0 Å². The molecule has 0 bridgehead atoms. The summed E-state index contributed by atoms with van der Waals surface area (Å²) in [5, 5.41) is 0. The van der Waals surface area contributed by atoms with E-state index in [4.69, 9.17) is 9.26 Å². The fraction of sp³-hybridized carbons (Fsp3) is 0.875. The largest absolute Gasteiger partial charge is 0.466 e. The smallest absolute Gasteiger partial charge is 0.315 e. The fourth-order valence-electron chi connectivity index (χ4n) is 0.719. The first-order valence-electron chi connectivity index (χ1n) is 4.46. The van der Waals surface area contributed by atoms with Crippen molar-refractivity contribution in [1.82, 2.24) is 0 Å². The molecule has 0 aliphatic rings. The number of hydrogen-bond acceptors (Lipinski definition) is 5.